The highest BCUT2D eigenvalue weighted by molar-refractivity contribution is 7.98. The molecule has 3 rings (SSSR count). The Bertz CT molecular complexity index is 1080. The van der Waals surface area contributed by atoms with Gasteiger partial charge in [0.15, 0.2) is 0 Å². The maximum Gasteiger partial charge on any atom is 0.264 e. The van der Waals surface area contributed by atoms with Gasteiger partial charge >= 0.3 is 0 Å². The van der Waals surface area contributed by atoms with Crippen molar-refractivity contribution in [3.8, 4) is 0 Å². The minimum Gasteiger partial charge on any atom is -0.311 e. The van der Waals surface area contributed by atoms with Gasteiger partial charge in [0.2, 0.25) is 0 Å². The van der Waals surface area contributed by atoms with Gasteiger partial charge in [-0.3, -0.25) is 9.10 Å². The van der Waals surface area contributed by atoms with Crippen molar-refractivity contribution in [1.29, 1.82) is 0 Å². The summed E-state index contributed by atoms with van der Waals surface area (Å²) in [6.07, 6.45) is 1.94. The second-order valence-electron chi connectivity index (χ2n) is 6.39. The molecule has 0 saturated heterocycles. The van der Waals surface area contributed by atoms with E-state index in [9.17, 15) is 13.2 Å². The Balaban J connectivity index is 1.80. The third-order valence-corrected chi connectivity index (χ3v) is 7.19. The number of nitrogens with zero attached hydrogens (tertiary/aromatic N) is 2. The lowest BCUT2D eigenvalue weighted by molar-refractivity contribution is 0.0993. The van der Waals surface area contributed by atoms with Crippen LogP contribution >= 0.6 is 11.8 Å². The van der Waals surface area contributed by atoms with Crippen molar-refractivity contribution in [2.75, 3.05) is 29.6 Å². The van der Waals surface area contributed by atoms with Crippen molar-refractivity contribution in [1.82, 2.24) is 0 Å². The van der Waals surface area contributed by atoms with Gasteiger partial charge < -0.3 is 4.90 Å². The molecule has 0 aromatic heterocycles. The first kappa shape index (κ1) is 21.0. The molecule has 0 N–H and O–H groups in total. The highest BCUT2D eigenvalue weighted by Crippen LogP contribution is 2.25. The van der Waals surface area contributed by atoms with Crippen LogP contribution in [-0.4, -0.2) is 34.7 Å². The minimum absolute atomic E-state index is 0.166. The van der Waals surface area contributed by atoms with Gasteiger partial charge in [-0.1, -0.05) is 18.2 Å². The Morgan fingerprint density at radius 2 is 1.38 bits per heavy atom. The van der Waals surface area contributed by atoms with E-state index in [1.807, 2.05) is 36.6 Å². The quantitative estimate of drug-likeness (QED) is 0.544. The second-order valence-corrected chi connectivity index (χ2v) is 9.24. The number of hydrogen-bond acceptors (Lipinski definition) is 4. The van der Waals surface area contributed by atoms with Gasteiger partial charge in [0, 0.05) is 30.2 Å². The monoisotopic (exact) mass is 426 g/mol. The third-order valence-electron chi connectivity index (χ3n) is 4.64. The largest absolute Gasteiger partial charge is 0.311 e. The Morgan fingerprint density at radius 1 is 0.793 bits per heavy atom. The SMILES string of the molecule is CSc1ccc(S(=O)(=O)N(C)c2ccc(C(=O)N(C)c3ccccc3)cc2)cc1. The molecule has 29 heavy (non-hydrogen) atoms. The maximum atomic E-state index is 12.9. The number of carbonyl (C=O) groups excluding carboxylic acids is 1. The molecule has 0 saturated carbocycles. The summed E-state index contributed by atoms with van der Waals surface area (Å²) in [6.45, 7) is 0. The maximum absolute atomic E-state index is 12.9. The van der Waals surface area contributed by atoms with Crippen LogP contribution in [0, 0.1) is 0 Å². The molecule has 0 spiro atoms. The molecule has 0 aliphatic heterocycles. The lowest BCUT2D eigenvalue weighted by atomic mass is 10.1. The van der Waals surface area contributed by atoms with E-state index in [1.165, 1.54) is 11.4 Å². The van der Waals surface area contributed by atoms with E-state index in [2.05, 4.69) is 0 Å². The summed E-state index contributed by atoms with van der Waals surface area (Å²) in [5, 5.41) is 0. The van der Waals surface area contributed by atoms with Gasteiger partial charge in [0.05, 0.1) is 10.6 Å². The van der Waals surface area contributed by atoms with E-state index in [0.29, 0.717) is 11.3 Å². The average Bonchev–Trinajstić information content (AvgIpc) is 2.78. The standard InChI is InChI=1S/C22H22N2O3S2/c1-23(18-7-5-4-6-8-18)22(25)17-9-11-19(12-10-17)24(2)29(26,27)21-15-13-20(28-3)14-16-21/h4-16H,1-3H3. The molecule has 3 aromatic rings. The van der Waals surface area contributed by atoms with E-state index in [-0.39, 0.29) is 10.8 Å². The number of para-hydroxylation sites is 1. The van der Waals surface area contributed by atoms with Gasteiger partial charge in [-0.25, -0.2) is 8.42 Å². The molecule has 0 bridgehead atoms. The topological polar surface area (TPSA) is 57.7 Å². The Hall–Kier alpha value is -2.77. The van der Waals surface area contributed by atoms with E-state index in [0.717, 1.165) is 10.6 Å². The van der Waals surface area contributed by atoms with Crippen LogP contribution < -0.4 is 9.21 Å². The zero-order valence-electron chi connectivity index (χ0n) is 16.4. The molecule has 0 aliphatic carbocycles. The fourth-order valence-corrected chi connectivity index (χ4v) is 4.42. The Kier molecular flexibility index (Phi) is 6.30. The van der Waals surface area contributed by atoms with E-state index in [4.69, 9.17) is 0 Å². The van der Waals surface area contributed by atoms with Crippen LogP contribution in [0.1, 0.15) is 10.4 Å². The summed E-state index contributed by atoms with van der Waals surface area (Å²) in [6, 6.07) is 22.7. The van der Waals surface area contributed by atoms with Crippen LogP contribution in [0.4, 0.5) is 11.4 Å². The summed E-state index contributed by atoms with van der Waals surface area (Å²) in [5.74, 6) is -0.166. The summed E-state index contributed by atoms with van der Waals surface area (Å²) >= 11 is 1.55. The van der Waals surface area contributed by atoms with Crippen LogP contribution in [0.15, 0.2) is 88.7 Å². The molecule has 3 aromatic carbocycles. The molecule has 7 heteroatoms. The van der Waals surface area contributed by atoms with Crippen molar-refractivity contribution in [2.24, 2.45) is 0 Å². The van der Waals surface area contributed by atoms with Crippen molar-refractivity contribution >= 4 is 39.1 Å². The number of amides is 1. The number of sulfonamides is 1. The van der Waals surface area contributed by atoms with Crippen molar-refractivity contribution < 1.29 is 13.2 Å². The number of carbonyl (C=O) groups is 1. The van der Waals surface area contributed by atoms with Crippen LogP contribution in [-0.2, 0) is 10.0 Å². The number of thioether (sulfide) groups is 1. The van der Waals surface area contributed by atoms with Gasteiger partial charge in [-0.15, -0.1) is 11.8 Å². The minimum atomic E-state index is -3.68. The summed E-state index contributed by atoms with van der Waals surface area (Å²) in [5.41, 5.74) is 1.75. The van der Waals surface area contributed by atoms with Crippen molar-refractivity contribution in [2.45, 2.75) is 9.79 Å². The van der Waals surface area contributed by atoms with Crippen LogP contribution in [0.2, 0.25) is 0 Å². The molecule has 0 unspecified atom stereocenters. The average molecular weight is 427 g/mol. The smallest absolute Gasteiger partial charge is 0.264 e. The zero-order chi connectivity index (χ0) is 21.0. The van der Waals surface area contributed by atoms with Gasteiger partial charge in [-0.2, -0.15) is 0 Å². The first-order valence-electron chi connectivity index (χ1n) is 8.91. The molecule has 0 aliphatic rings. The molecule has 0 radical (unpaired) electrons. The van der Waals surface area contributed by atoms with Crippen molar-refractivity contribution in [3.05, 3.63) is 84.4 Å². The van der Waals surface area contributed by atoms with Gasteiger partial charge in [0.1, 0.15) is 0 Å². The molecule has 0 fully saturated rings. The van der Waals surface area contributed by atoms with Crippen LogP contribution in [0.5, 0.6) is 0 Å². The van der Waals surface area contributed by atoms with Crippen LogP contribution in [0.3, 0.4) is 0 Å². The predicted octanol–water partition coefficient (Wildman–Crippen LogP) is 4.51. The molecule has 0 atom stereocenters. The first-order valence-corrected chi connectivity index (χ1v) is 11.6. The molecular weight excluding hydrogens is 404 g/mol. The summed E-state index contributed by atoms with van der Waals surface area (Å²) in [7, 11) is -0.467. The highest BCUT2D eigenvalue weighted by atomic mass is 32.2. The number of rotatable bonds is 6. The fraction of sp³-hybridized carbons (Fsp3) is 0.136. The molecule has 1 amide bonds. The zero-order valence-corrected chi connectivity index (χ0v) is 18.1. The van der Waals surface area contributed by atoms with E-state index >= 15 is 0 Å². The van der Waals surface area contributed by atoms with Gasteiger partial charge in [0.25, 0.3) is 15.9 Å². The predicted molar refractivity (Wildman–Crippen MR) is 119 cm³/mol. The van der Waals surface area contributed by atoms with E-state index in [1.54, 1.807) is 72.2 Å². The van der Waals surface area contributed by atoms with Crippen LogP contribution in [0.25, 0.3) is 0 Å². The number of benzene rings is 3. The molecule has 150 valence electrons. The lowest BCUT2D eigenvalue weighted by Crippen LogP contribution is -2.27. The summed E-state index contributed by atoms with van der Waals surface area (Å²) < 4.78 is 27.0. The lowest BCUT2D eigenvalue weighted by Gasteiger charge is -2.21. The fourth-order valence-electron chi connectivity index (χ4n) is 2.82. The molecule has 0 heterocycles. The molecular formula is C22H22N2O3S2. The Morgan fingerprint density at radius 3 is 1.93 bits per heavy atom. The normalized spacial score (nSPS) is 11.1. The van der Waals surface area contributed by atoms with E-state index < -0.39 is 10.0 Å². The molecule has 5 nitrogen and oxygen atoms in total. The third kappa shape index (κ3) is 4.46. The highest BCUT2D eigenvalue weighted by Gasteiger charge is 2.22. The van der Waals surface area contributed by atoms with Crippen molar-refractivity contribution in [3.63, 3.8) is 0 Å². The first-order chi connectivity index (χ1) is 13.8. The van der Waals surface area contributed by atoms with Gasteiger partial charge in [-0.05, 0) is 66.9 Å². The summed E-state index contributed by atoms with van der Waals surface area (Å²) in [4.78, 5) is 15.5. The second kappa shape index (κ2) is 8.71. The number of anilines is 2. The number of hydrogen-bond donors (Lipinski definition) is 0. The Labute approximate surface area is 176 Å².